The summed E-state index contributed by atoms with van der Waals surface area (Å²) in [7, 11) is 0. The van der Waals surface area contributed by atoms with E-state index in [0.29, 0.717) is 0 Å². The van der Waals surface area contributed by atoms with E-state index in [4.69, 9.17) is 15.5 Å². The molecule has 0 saturated carbocycles. The molecule has 110 valence electrons. The highest BCUT2D eigenvalue weighted by atomic mass is 16.5. The van der Waals surface area contributed by atoms with E-state index in [9.17, 15) is 19.5 Å². The molecule has 0 amide bonds. The number of ketones is 1. The maximum absolute atomic E-state index is 12.0. The molecule has 0 aromatic heterocycles. The Morgan fingerprint density at radius 1 is 1.24 bits per heavy atom. The molecular weight excluding hydrogens is 282 g/mol. The van der Waals surface area contributed by atoms with Gasteiger partial charge in [-0.15, -0.1) is 0 Å². The fraction of sp³-hybridized carbons (Fsp3) is 0.231. The summed E-state index contributed by atoms with van der Waals surface area (Å²) in [6.45, 7) is 0. The number of carboxylic acid groups (broad SMARTS) is 2. The molecule has 0 fully saturated rings. The summed E-state index contributed by atoms with van der Waals surface area (Å²) in [5, 5.41) is 35.9. The van der Waals surface area contributed by atoms with Crippen molar-refractivity contribution in [2.75, 3.05) is 0 Å². The highest BCUT2D eigenvalue weighted by Gasteiger charge is 2.54. The summed E-state index contributed by atoms with van der Waals surface area (Å²) in [5.74, 6) is -4.63. The van der Waals surface area contributed by atoms with E-state index in [1.807, 2.05) is 0 Å². The van der Waals surface area contributed by atoms with Crippen LogP contribution in [0.3, 0.4) is 0 Å². The van der Waals surface area contributed by atoms with Crippen LogP contribution in [0.2, 0.25) is 0 Å². The molecule has 0 radical (unpaired) electrons. The molecule has 1 aromatic carbocycles. The first-order valence-electron chi connectivity index (χ1n) is 5.64. The largest absolute Gasteiger partial charge is 0.479 e. The van der Waals surface area contributed by atoms with Gasteiger partial charge in [0.25, 0.3) is 11.9 Å². The predicted octanol–water partition coefficient (Wildman–Crippen LogP) is 0.0260. The number of nitrogens with zero attached hydrogens (tertiary/aromatic N) is 1. The van der Waals surface area contributed by atoms with Crippen LogP contribution < -0.4 is 0 Å². The van der Waals surface area contributed by atoms with Crippen LogP contribution in [0, 0.1) is 11.5 Å². The Bertz CT molecular complexity index is 592. The molecule has 0 aliphatic rings. The zero-order chi connectivity index (χ0) is 16.0. The smallest absolute Gasteiger partial charge is 0.353 e. The lowest BCUT2D eigenvalue weighted by Crippen LogP contribution is -2.55. The van der Waals surface area contributed by atoms with Gasteiger partial charge in [-0.1, -0.05) is 30.3 Å². The Morgan fingerprint density at radius 2 is 1.81 bits per heavy atom. The number of aliphatic carboxylic acids is 2. The number of benzene rings is 1. The lowest BCUT2D eigenvalue weighted by molar-refractivity contribution is -0.182. The van der Waals surface area contributed by atoms with Gasteiger partial charge < -0.3 is 20.1 Å². The maximum Gasteiger partial charge on any atom is 0.353 e. The first-order valence-corrected chi connectivity index (χ1v) is 5.64. The van der Waals surface area contributed by atoms with Crippen molar-refractivity contribution in [3.8, 4) is 6.26 Å². The molecule has 8 heteroatoms. The van der Waals surface area contributed by atoms with E-state index in [1.54, 1.807) is 6.07 Å². The minimum atomic E-state index is -2.88. The second-order valence-corrected chi connectivity index (χ2v) is 4.09. The quantitative estimate of drug-likeness (QED) is 0.471. The lowest BCUT2D eigenvalue weighted by Gasteiger charge is -2.27. The number of ether oxygens (including phenoxy) is 1. The van der Waals surface area contributed by atoms with Gasteiger partial charge in [0.2, 0.25) is 6.10 Å². The van der Waals surface area contributed by atoms with Gasteiger partial charge in [-0.05, 0) is 0 Å². The molecule has 0 saturated heterocycles. The molecule has 2 unspecified atom stereocenters. The number of nitriles is 1. The van der Waals surface area contributed by atoms with E-state index in [2.05, 4.69) is 4.74 Å². The topological polar surface area (TPSA) is 145 Å². The molecular formula is C13H11NO7. The average Bonchev–Trinajstić information content (AvgIpc) is 2.46. The number of aliphatic hydroxyl groups excluding tert-OH is 1. The number of hydrogen-bond donors (Lipinski definition) is 3. The minimum Gasteiger partial charge on any atom is -0.479 e. The lowest BCUT2D eigenvalue weighted by atomic mass is 9.88. The first kappa shape index (κ1) is 16.1. The Balaban J connectivity index is 3.19. The zero-order valence-electron chi connectivity index (χ0n) is 10.6. The Kier molecular flexibility index (Phi) is 4.99. The number of carboxylic acids is 2. The van der Waals surface area contributed by atoms with Crippen LogP contribution in [0.5, 0.6) is 0 Å². The monoisotopic (exact) mass is 293 g/mol. The highest BCUT2D eigenvalue weighted by Crippen LogP contribution is 2.24. The van der Waals surface area contributed by atoms with Gasteiger partial charge in [-0.2, -0.15) is 5.26 Å². The molecule has 21 heavy (non-hydrogen) atoms. The van der Waals surface area contributed by atoms with Crippen LogP contribution in [-0.4, -0.2) is 44.7 Å². The van der Waals surface area contributed by atoms with Crippen molar-refractivity contribution >= 4 is 17.7 Å². The van der Waals surface area contributed by atoms with E-state index < -0.39 is 35.8 Å². The summed E-state index contributed by atoms with van der Waals surface area (Å²) >= 11 is 0. The molecule has 0 bridgehead atoms. The normalized spacial score (nSPS) is 14.3. The van der Waals surface area contributed by atoms with Crippen LogP contribution in [0.1, 0.15) is 16.8 Å². The van der Waals surface area contributed by atoms with Gasteiger partial charge in [0.15, 0.2) is 5.78 Å². The van der Waals surface area contributed by atoms with Crippen molar-refractivity contribution < 1.29 is 34.4 Å². The number of aliphatic hydroxyl groups is 1. The SMILES string of the molecule is N#COC(CC(=O)c1ccccc1)(C(=O)O)C(O)C(=O)O. The van der Waals surface area contributed by atoms with Crippen molar-refractivity contribution in [3.63, 3.8) is 0 Å². The van der Waals surface area contributed by atoms with Crippen LogP contribution in [0.15, 0.2) is 30.3 Å². The summed E-state index contributed by atoms with van der Waals surface area (Å²) in [6.07, 6.45) is -2.56. The number of rotatable bonds is 7. The Labute approximate surface area is 118 Å². The summed E-state index contributed by atoms with van der Waals surface area (Å²) in [6, 6.07) is 7.44. The molecule has 0 aliphatic heterocycles. The second-order valence-electron chi connectivity index (χ2n) is 4.09. The number of carbonyl (C=O) groups excluding carboxylic acids is 1. The third kappa shape index (κ3) is 3.34. The number of carbonyl (C=O) groups is 3. The Hall–Kier alpha value is -2.92. The molecule has 2 atom stereocenters. The molecule has 0 spiro atoms. The molecule has 0 aliphatic carbocycles. The predicted molar refractivity (Wildman–Crippen MR) is 66.1 cm³/mol. The van der Waals surface area contributed by atoms with Crippen LogP contribution in [-0.2, 0) is 14.3 Å². The summed E-state index contributed by atoms with van der Waals surface area (Å²) in [5.41, 5.74) is -2.78. The van der Waals surface area contributed by atoms with E-state index in [0.717, 1.165) is 6.26 Å². The van der Waals surface area contributed by atoms with Gasteiger partial charge in [-0.3, -0.25) is 4.79 Å². The van der Waals surface area contributed by atoms with Gasteiger partial charge >= 0.3 is 11.9 Å². The third-order valence-corrected chi connectivity index (χ3v) is 2.78. The highest BCUT2D eigenvalue weighted by molar-refractivity contribution is 6.01. The van der Waals surface area contributed by atoms with Crippen LogP contribution >= 0.6 is 0 Å². The van der Waals surface area contributed by atoms with Crippen molar-refractivity contribution in [1.29, 1.82) is 5.26 Å². The molecule has 3 N–H and O–H groups in total. The number of hydrogen-bond acceptors (Lipinski definition) is 6. The summed E-state index contributed by atoms with van der Waals surface area (Å²) < 4.78 is 4.26. The Morgan fingerprint density at radius 3 is 2.24 bits per heavy atom. The molecule has 1 aromatic rings. The first-order chi connectivity index (χ1) is 9.85. The van der Waals surface area contributed by atoms with Crippen molar-refractivity contribution in [3.05, 3.63) is 35.9 Å². The minimum absolute atomic E-state index is 0.0993. The molecule has 8 nitrogen and oxygen atoms in total. The third-order valence-electron chi connectivity index (χ3n) is 2.78. The van der Waals surface area contributed by atoms with Gasteiger partial charge in [0.05, 0.1) is 6.42 Å². The standard InChI is InChI=1S/C13H11NO7/c14-7-21-13(12(19)20,10(16)11(17)18)6-9(15)8-4-2-1-3-5-8/h1-5,10,16H,6H2,(H,17,18)(H,19,20). The van der Waals surface area contributed by atoms with E-state index in [1.165, 1.54) is 24.3 Å². The van der Waals surface area contributed by atoms with Gasteiger partial charge in [0.1, 0.15) is 0 Å². The van der Waals surface area contributed by atoms with Gasteiger partial charge in [0, 0.05) is 5.56 Å². The summed E-state index contributed by atoms with van der Waals surface area (Å²) in [4.78, 5) is 34.1. The number of Topliss-reactive ketones (excluding diaryl/α,β-unsaturated/α-hetero) is 1. The fourth-order valence-corrected chi connectivity index (χ4v) is 1.67. The average molecular weight is 293 g/mol. The van der Waals surface area contributed by atoms with Crippen molar-refractivity contribution in [2.24, 2.45) is 0 Å². The van der Waals surface area contributed by atoms with Crippen molar-refractivity contribution in [1.82, 2.24) is 0 Å². The van der Waals surface area contributed by atoms with Crippen molar-refractivity contribution in [2.45, 2.75) is 18.1 Å². The molecule has 0 heterocycles. The van der Waals surface area contributed by atoms with E-state index in [-0.39, 0.29) is 5.56 Å². The fourth-order valence-electron chi connectivity index (χ4n) is 1.67. The van der Waals surface area contributed by atoms with Gasteiger partial charge in [-0.25, -0.2) is 9.59 Å². The zero-order valence-corrected chi connectivity index (χ0v) is 10.6. The van der Waals surface area contributed by atoms with Crippen LogP contribution in [0.4, 0.5) is 0 Å². The molecule has 1 rings (SSSR count). The van der Waals surface area contributed by atoms with Crippen LogP contribution in [0.25, 0.3) is 0 Å². The maximum atomic E-state index is 12.0. The second kappa shape index (κ2) is 6.49. The van der Waals surface area contributed by atoms with E-state index >= 15 is 0 Å².